The van der Waals surface area contributed by atoms with Crippen molar-refractivity contribution in [2.75, 3.05) is 6.61 Å². The Kier molecular flexibility index (Phi) is 5.74. The number of carbonyl (C=O) groups is 2. The van der Waals surface area contributed by atoms with Gasteiger partial charge in [0.05, 0.1) is 28.2 Å². The maximum Gasteiger partial charge on any atom is 0.334 e. The van der Waals surface area contributed by atoms with E-state index in [1.807, 2.05) is 0 Å². The molecule has 168 valence electrons. The Morgan fingerprint density at radius 3 is 2.50 bits per heavy atom. The van der Waals surface area contributed by atoms with Gasteiger partial charge in [0.25, 0.3) is 10.1 Å². The number of hydrogen-bond donors (Lipinski definition) is 1. The number of para-hydroxylation sites is 2. The first kappa shape index (κ1) is 22.0. The molecule has 2 amide bonds. The van der Waals surface area contributed by atoms with Gasteiger partial charge in [-0.3, -0.25) is 28.2 Å². The number of amides is 2. The number of aryl methyl sites for hydroxylation is 1. The normalized spacial score (nSPS) is 17.0. The number of imide groups is 1. The number of benzene rings is 2. The van der Waals surface area contributed by atoms with Crippen LogP contribution in [-0.2, 0) is 23.9 Å². The van der Waals surface area contributed by atoms with E-state index in [-0.39, 0.29) is 30.3 Å². The monoisotopic (exact) mass is 457 g/mol. The fourth-order valence-corrected chi connectivity index (χ4v) is 4.89. The summed E-state index contributed by atoms with van der Waals surface area (Å²) in [6, 6.07) is 10.6. The molecule has 1 aliphatic rings. The molecular formula is C22H23N3O6S. The number of aromatic nitrogens is 2. The van der Waals surface area contributed by atoms with Crippen LogP contribution in [0, 0.1) is 6.92 Å². The van der Waals surface area contributed by atoms with Crippen molar-refractivity contribution in [3.63, 3.8) is 0 Å². The van der Waals surface area contributed by atoms with Crippen molar-refractivity contribution in [3.05, 3.63) is 58.5 Å². The van der Waals surface area contributed by atoms with Gasteiger partial charge >= 0.3 is 5.69 Å². The minimum Gasteiger partial charge on any atom is -0.295 e. The van der Waals surface area contributed by atoms with Gasteiger partial charge in [-0.2, -0.15) is 8.42 Å². The van der Waals surface area contributed by atoms with Crippen molar-refractivity contribution in [2.24, 2.45) is 0 Å². The molecule has 1 saturated heterocycles. The average Bonchev–Trinajstić information content (AvgIpc) is 3.04. The Labute approximate surface area is 184 Å². The first-order valence-electron chi connectivity index (χ1n) is 10.3. The van der Waals surface area contributed by atoms with E-state index in [1.54, 1.807) is 44.2 Å². The molecule has 10 heteroatoms. The Hall–Kier alpha value is -3.24. The van der Waals surface area contributed by atoms with Crippen LogP contribution in [0.4, 0.5) is 0 Å². The topological polar surface area (TPSA) is 116 Å². The fourth-order valence-electron chi connectivity index (χ4n) is 3.88. The first-order chi connectivity index (χ1) is 15.2. The molecule has 4 rings (SSSR count). The summed E-state index contributed by atoms with van der Waals surface area (Å²) in [5.41, 5.74) is 1.59. The summed E-state index contributed by atoms with van der Waals surface area (Å²) in [5, 5.41) is 2.29. The summed E-state index contributed by atoms with van der Waals surface area (Å²) < 4.78 is 32.9. The highest BCUT2D eigenvalue weighted by Crippen LogP contribution is 2.27. The maximum absolute atomic E-state index is 13.6. The van der Waals surface area contributed by atoms with Gasteiger partial charge in [-0.05, 0) is 49.6 Å². The van der Waals surface area contributed by atoms with Crippen molar-refractivity contribution in [1.82, 2.24) is 14.5 Å². The molecule has 0 saturated carbocycles. The van der Waals surface area contributed by atoms with E-state index >= 15 is 0 Å². The van der Waals surface area contributed by atoms with Crippen molar-refractivity contribution in [3.8, 4) is 5.69 Å². The van der Waals surface area contributed by atoms with E-state index < -0.39 is 27.8 Å². The molecule has 1 aromatic heterocycles. The van der Waals surface area contributed by atoms with Crippen molar-refractivity contribution in [1.29, 1.82) is 0 Å². The molecule has 1 fully saturated rings. The molecule has 0 spiro atoms. The number of carbonyl (C=O) groups excluding carboxylic acids is 2. The van der Waals surface area contributed by atoms with Crippen LogP contribution in [0.2, 0.25) is 0 Å². The van der Waals surface area contributed by atoms with Crippen molar-refractivity contribution >= 4 is 33.0 Å². The highest BCUT2D eigenvalue weighted by molar-refractivity contribution is 7.86. The average molecular weight is 458 g/mol. The number of nitrogens with one attached hydrogen (secondary N) is 1. The quantitative estimate of drug-likeness (QED) is 0.448. The molecule has 3 aromatic rings. The van der Waals surface area contributed by atoms with E-state index in [9.17, 15) is 22.8 Å². The molecule has 1 N–H and O–H groups in total. The van der Waals surface area contributed by atoms with Gasteiger partial charge in [0.2, 0.25) is 11.8 Å². The summed E-state index contributed by atoms with van der Waals surface area (Å²) in [4.78, 5) is 37.6. The van der Waals surface area contributed by atoms with Crippen LogP contribution in [-0.4, -0.2) is 36.0 Å². The van der Waals surface area contributed by atoms with Gasteiger partial charge in [-0.25, -0.2) is 4.79 Å². The predicted octanol–water partition coefficient (Wildman–Crippen LogP) is 2.19. The van der Waals surface area contributed by atoms with Crippen LogP contribution in [0.25, 0.3) is 16.7 Å². The second-order valence-corrected chi connectivity index (χ2v) is 9.28. The number of imidazole rings is 1. The molecule has 2 aromatic carbocycles. The smallest absolute Gasteiger partial charge is 0.295 e. The molecule has 2 heterocycles. The van der Waals surface area contributed by atoms with Crippen LogP contribution in [0.3, 0.4) is 0 Å². The van der Waals surface area contributed by atoms with E-state index in [2.05, 4.69) is 5.32 Å². The fraction of sp³-hybridized carbons (Fsp3) is 0.318. The standard InChI is InChI=1S/C22H23N3O6S/c1-3-12-31-32(29,30)15-9-8-14(2)19(13-15)25-17-7-5-4-6-16(17)24(22(25)28)18-10-11-20(26)23-21(18)27/h4-9,13,18H,3,10-12H2,1-2H3,(H,23,26,27). The zero-order chi connectivity index (χ0) is 23.0. The van der Waals surface area contributed by atoms with Crippen LogP contribution >= 0.6 is 0 Å². The third-order valence-electron chi connectivity index (χ3n) is 5.45. The molecule has 9 nitrogen and oxygen atoms in total. The summed E-state index contributed by atoms with van der Waals surface area (Å²) in [6.07, 6.45) is 0.873. The third-order valence-corrected chi connectivity index (χ3v) is 6.76. The lowest BCUT2D eigenvalue weighted by molar-refractivity contribution is -0.135. The van der Waals surface area contributed by atoms with Gasteiger partial charge in [-0.15, -0.1) is 0 Å². The zero-order valence-electron chi connectivity index (χ0n) is 17.7. The molecule has 0 aliphatic carbocycles. The summed E-state index contributed by atoms with van der Waals surface area (Å²) in [7, 11) is -3.99. The lowest BCUT2D eigenvalue weighted by Crippen LogP contribution is -2.44. The molecule has 1 unspecified atom stereocenters. The lowest BCUT2D eigenvalue weighted by atomic mass is 10.1. The molecule has 1 atom stereocenters. The van der Waals surface area contributed by atoms with E-state index in [0.717, 1.165) is 0 Å². The largest absolute Gasteiger partial charge is 0.334 e. The number of hydrogen-bond acceptors (Lipinski definition) is 6. The second kappa shape index (κ2) is 8.36. The lowest BCUT2D eigenvalue weighted by Gasteiger charge is -2.21. The van der Waals surface area contributed by atoms with Crippen molar-refractivity contribution < 1.29 is 22.2 Å². The van der Waals surface area contributed by atoms with Crippen LogP contribution in [0.5, 0.6) is 0 Å². The highest BCUT2D eigenvalue weighted by atomic mass is 32.2. The third kappa shape index (κ3) is 3.76. The summed E-state index contributed by atoms with van der Waals surface area (Å²) >= 11 is 0. The summed E-state index contributed by atoms with van der Waals surface area (Å²) in [5.74, 6) is -0.906. The van der Waals surface area contributed by atoms with Gasteiger partial charge in [0.1, 0.15) is 6.04 Å². The summed E-state index contributed by atoms with van der Waals surface area (Å²) in [6.45, 7) is 3.63. The molecule has 0 radical (unpaired) electrons. The minimum atomic E-state index is -3.99. The maximum atomic E-state index is 13.6. The Morgan fingerprint density at radius 1 is 1.09 bits per heavy atom. The molecule has 32 heavy (non-hydrogen) atoms. The Balaban J connectivity index is 1.93. The minimum absolute atomic E-state index is 0.0559. The highest BCUT2D eigenvalue weighted by Gasteiger charge is 2.32. The van der Waals surface area contributed by atoms with Gasteiger partial charge < -0.3 is 0 Å². The zero-order valence-corrected chi connectivity index (χ0v) is 18.5. The van der Waals surface area contributed by atoms with Gasteiger partial charge in [0.15, 0.2) is 0 Å². The first-order valence-corrected chi connectivity index (χ1v) is 11.7. The second-order valence-electron chi connectivity index (χ2n) is 7.67. The number of fused-ring (bicyclic) bond motifs is 1. The van der Waals surface area contributed by atoms with Gasteiger partial charge in [0, 0.05) is 6.42 Å². The molecule has 0 bridgehead atoms. The van der Waals surface area contributed by atoms with E-state index in [4.69, 9.17) is 4.18 Å². The number of rotatable bonds is 6. The molecule has 1 aliphatic heterocycles. The van der Waals surface area contributed by atoms with E-state index in [0.29, 0.717) is 28.7 Å². The number of piperidine rings is 1. The Morgan fingerprint density at radius 2 is 1.81 bits per heavy atom. The van der Waals surface area contributed by atoms with Crippen LogP contribution in [0.15, 0.2) is 52.2 Å². The SMILES string of the molecule is CCCOS(=O)(=O)c1ccc(C)c(-n2c(=O)n(C3CCC(=O)NC3=O)c3ccccc32)c1. The predicted molar refractivity (Wildman–Crippen MR) is 117 cm³/mol. The Bertz CT molecular complexity index is 1390. The van der Waals surface area contributed by atoms with E-state index in [1.165, 1.54) is 21.3 Å². The number of nitrogens with zero attached hydrogens (tertiary/aromatic N) is 2. The van der Waals surface area contributed by atoms with Gasteiger partial charge in [-0.1, -0.05) is 25.1 Å². The molecular weight excluding hydrogens is 434 g/mol. The van der Waals surface area contributed by atoms with Crippen molar-refractivity contribution in [2.45, 2.75) is 44.0 Å². The van der Waals surface area contributed by atoms with Crippen LogP contribution < -0.4 is 11.0 Å². The van der Waals surface area contributed by atoms with Crippen LogP contribution in [0.1, 0.15) is 37.8 Å².